The van der Waals surface area contributed by atoms with Crippen LogP contribution >= 0.6 is 0 Å². The molecule has 0 radical (unpaired) electrons. The van der Waals surface area contributed by atoms with Crippen molar-refractivity contribution >= 4 is 21.5 Å². The Labute approximate surface area is 426 Å². The molecule has 4 aromatic rings. The standard InChI is InChI=1S/C32H38N2O3.C31H37N3O/c1-30-10-8-24-15-23-4-5-25(34-18-27(35)28(36)19-34)16-31(23)11-12-32(24,37-31)29(30)7-6-26(30)21-3-2-20-9-13-33-17-22(20)14-21;1-29-10-8-24-15-23-4-5-26(34-18-25(32)19-34)16-30(23)11-12-31(24,35-30)28(29)7-6-27(29)21-3-2-20-9-13-33-17-22(20)14-21/h2-3,8-9,13-15,17,25-29,35-36H,4-7,10-12,16,18-19H2,1H3;2-3,8-9,13-15,17,25-28H,4-7,10-12,16,18-19,32H2,1H3/t25-,26-,27+,28+,29-,30-,31-,32?;26-,27-,28-,29-,30-,31?/m11/s1. The minimum absolute atomic E-state index is 0.0229. The van der Waals surface area contributed by atoms with Gasteiger partial charge in [-0.05, 0) is 206 Å². The summed E-state index contributed by atoms with van der Waals surface area (Å²) in [6, 6.07) is 19.7. The van der Waals surface area contributed by atoms with E-state index in [-0.39, 0.29) is 33.2 Å². The minimum atomic E-state index is -0.619. The van der Waals surface area contributed by atoms with E-state index in [1.165, 1.54) is 114 Å². The van der Waals surface area contributed by atoms with Crippen molar-refractivity contribution in [3.8, 4) is 0 Å². The number of nitrogens with zero attached hydrogens (tertiary/aromatic N) is 4. The molecule has 4 N–H and O–H groups in total. The van der Waals surface area contributed by atoms with Crippen LogP contribution in [0.4, 0.5) is 0 Å². The van der Waals surface area contributed by atoms with Gasteiger partial charge in [-0.1, -0.05) is 62.4 Å². The summed E-state index contributed by atoms with van der Waals surface area (Å²) < 4.78 is 14.9. The molecule has 9 nitrogen and oxygen atoms in total. The molecule has 16 rings (SSSR count). The van der Waals surface area contributed by atoms with E-state index in [2.05, 4.69) is 106 Å². The van der Waals surface area contributed by atoms with Gasteiger partial charge in [0.15, 0.2) is 0 Å². The van der Waals surface area contributed by atoms with Crippen LogP contribution in [0.25, 0.3) is 21.5 Å². The van der Waals surface area contributed by atoms with Gasteiger partial charge in [0.05, 0.1) is 34.6 Å². The Morgan fingerprint density at radius 3 is 1.51 bits per heavy atom. The van der Waals surface area contributed by atoms with Gasteiger partial charge in [-0.25, -0.2) is 0 Å². The highest BCUT2D eigenvalue weighted by atomic mass is 16.5. The van der Waals surface area contributed by atoms with Crippen molar-refractivity contribution in [2.24, 2.45) is 28.4 Å². The van der Waals surface area contributed by atoms with E-state index in [0.717, 1.165) is 51.6 Å². The van der Waals surface area contributed by atoms with Crippen LogP contribution < -0.4 is 5.73 Å². The topological polar surface area (TPSA) is 117 Å². The van der Waals surface area contributed by atoms with Crippen LogP contribution in [0.3, 0.4) is 0 Å². The van der Waals surface area contributed by atoms with Crippen molar-refractivity contribution in [3.05, 3.63) is 131 Å². The molecule has 2 aromatic carbocycles. The van der Waals surface area contributed by atoms with Crippen LogP contribution in [-0.4, -0.2) is 109 Å². The van der Waals surface area contributed by atoms with Gasteiger partial charge in [-0.15, -0.1) is 0 Å². The van der Waals surface area contributed by atoms with Crippen molar-refractivity contribution in [1.82, 2.24) is 19.8 Å². The molecule has 6 aliphatic heterocycles. The van der Waals surface area contributed by atoms with E-state index in [0.29, 0.717) is 54.9 Å². The molecular formula is C63H75N5O4. The molecule has 4 spiro atoms. The first-order valence-corrected chi connectivity index (χ1v) is 28.4. The lowest BCUT2D eigenvalue weighted by Crippen LogP contribution is -2.62. The van der Waals surface area contributed by atoms with Gasteiger partial charge >= 0.3 is 0 Å². The molecule has 12 aliphatic rings. The molecule has 14 atom stereocenters. The van der Waals surface area contributed by atoms with E-state index < -0.39 is 12.2 Å². The maximum atomic E-state index is 10.2. The summed E-state index contributed by atoms with van der Waals surface area (Å²) in [7, 11) is 0. The van der Waals surface area contributed by atoms with Crippen LogP contribution in [0.15, 0.2) is 120 Å². The zero-order chi connectivity index (χ0) is 48.4. The Morgan fingerprint density at radius 2 is 1.04 bits per heavy atom. The first-order valence-electron chi connectivity index (χ1n) is 28.4. The molecule has 8 heterocycles. The highest BCUT2D eigenvalue weighted by Crippen LogP contribution is 2.71. The van der Waals surface area contributed by atoms with E-state index >= 15 is 0 Å². The van der Waals surface area contributed by atoms with Gasteiger partial charge in [0.25, 0.3) is 0 Å². The first kappa shape index (κ1) is 45.3. The number of hydrogen-bond donors (Lipinski definition) is 3. The lowest BCUT2D eigenvalue weighted by atomic mass is 9.58. The second-order valence-corrected chi connectivity index (χ2v) is 26.0. The number of aliphatic hydroxyl groups excluding tert-OH is 2. The number of allylic oxidation sites excluding steroid dienone is 2. The summed E-state index contributed by atoms with van der Waals surface area (Å²) >= 11 is 0. The van der Waals surface area contributed by atoms with Gasteiger partial charge in [0, 0.05) is 79.9 Å². The Hall–Kier alpha value is -4.06. The molecule has 9 heteroatoms. The van der Waals surface area contributed by atoms with Gasteiger partial charge < -0.3 is 25.4 Å². The Morgan fingerprint density at radius 1 is 0.569 bits per heavy atom. The molecule has 72 heavy (non-hydrogen) atoms. The lowest BCUT2D eigenvalue weighted by molar-refractivity contribution is -0.143. The predicted molar refractivity (Wildman–Crippen MR) is 282 cm³/mol. The van der Waals surface area contributed by atoms with E-state index in [1.54, 1.807) is 5.57 Å². The third kappa shape index (κ3) is 6.43. The summed E-state index contributed by atoms with van der Waals surface area (Å²) in [4.78, 5) is 13.7. The molecular weight excluding hydrogens is 891 g/mol. The number of fused-ring (bicyclic) bond motifs is 4. The largest absolute Gasteiger partial charge is 0.389 e. The molecule has 2 aromatic heterocycles. The van der Waals surface area contributed by atoms with Crippen molar-refractivity contribution in [2.45, 2.75) is 181 Å². The minimum Gasteiger partial charge on any atom is -0.389 e. The quantitative estimate of drug-likeness (QED) is 0.184. The molecule has 8 fully saturated rings. The fraction of sp³-hybridized carbons (Fsp3) is 0.587. The second kappa shape index (κ2) is 16.0. The van der Waals surface area contributed by atoms with Crippen molar-refractivity contribution < 1.29 is 19.7 Å². The number of rotatable bonds is 4. The Bertz CT molecular complexity index is 3000. The Kier molecular flexibility index (Phi) is 10.1. The molecule has 4 bridgehead atoms. The number of aliphatic hydroxyl groups is 2. The lowest BCUT2D eigenvalue weighted by Gasteiger charge is -2.55. The molecule has 0 amide bonds. The average molecular weight is 966 g/mol. The van der Waals surface area contributed by atoms with Crippen LogP contribution in [0.1, 0.15) is 140 Å². The van der Waals surface area contributed by atoms with Gasteiger partial charge in [0.1, 0.15) is 0 Å². The second-order valence-electron chi connectivity index (χ2n) is 26.0. The monoisotopic (exact) mass is 966 g/mol. The van der Waals surface area contributed by atoms with Crippen molar-refractivity contribution in [2.75, 3.05) is 26.2 Å². The molecule has 4 saturated carbocycles. The SMILES string of the molecule is C[C@]12CC=C3C=C4CC[C@@H](N5CC(N)C5)C[C@]45CCC3(O5)[C@@H]1CC[C@@H]2c1ccc2ccncc2c1.C[C@]12CC=C3C=C4CC[C@@H](N5C[C@H](O)[C@@H](O)C5)C[C@]45CCC3(O5)[C@@H]1CC[C@@H]2c1ccc2ccncc2c1. The number of ether oxygens (including phenoxy) is 2. The highest BCUT2D eigenvalue weighted by Gasteiger charge is 2.69. The number of likely N-dealkylation sites (tertiary alicyclic amines) is 2. The zero-order valence-electron chi connectivity index (χ0n) is 42.7. The summed E-state index contributed by atoms with van der Waals surface area (Å²) in [5, 5.41) is 25.4. The molecule has 2 unspecified atom stereocenters. The van der Waals surface area contributed by atoms with Gasteiger partial charge in [-0.3, -0.25) is 19.8 Å². The molecule has 376 valence electrons. The van der Waals surface area contributed by atoms with Crippen LogP contribution in [0.2, 0.25) is 0 Å². The number of benzene rings is 2. The number of nitrogens with two attached hydrogens (primary N) is 1. The van der Waals surface area contributed by atoms with Gasteiger partial charge in [-0.2, -0.15) is 0 Å². The van der Waals surface area contributed by atoms with Crippen LogP contribution in [-0.2, 0) is 9.47 Å². The smallest absolute Gasteiger partial charge is 0.0974 e. The highest BCUT2D eigenvalue weighted by molar-refractivity contribution is 5.83. The fourth-order valence-corrected chi connectivity index (χ4v) is 19.1. The number of β-amino-alcohol motifs (C(OH)–C–C–N with tert-alkyl or cyclic N) is 2. The van der Waals surface area contributed by atoms with Crippen molar-refractivity contribution in [3.63, 3.8) is 0 Å². The fourth-order valence-electron chi connectivity index (χ4n) is 19.1. The summed E-state index contributed by atoms with van der Waals surface area (Å²) in [6.07, 6.45) is 35.5. The third-order valence-electron chi connectivity index (χ3n) is 22.7. The Balaban J connectivity index is 0.000000129. The van der Waals surface area contributed by atoms with Gasteiger partial charge in [0.2, 0.25) is 0 Å². The summed E-state index contributed by atoms with van der Waals surface area (Å²) in [6.45, 7) is 8.42. The first-order chi connectivity index (χ1) is 34.9. The van der Waals surface area contributed by atoms with Crippen LogP contribution in [0, 0.1) is 22.7 Å². The zero-order valence-corrected chi connectivity index (χ0v) is 42.7. The third-order valence-corrected chi connectivity index (χ3v) is 22.7. The summed E-state index contributed by atoms with van der Waals surface area (Å²) in [5.74, 6) is 2.24. The van der Waals surface area contributed by atoms with E-state index in [4.69, 9.17) is 15.2 Å². The van der Waals surface area contributed by atoms with Crippen LogP contribution in [0.5, 0.6) is 0 Å². The summed E-state index contributed by atoms with van der Waals surface area (Å²) in [5.41, 5.74) is 15.2. The van der Waals surface area contributed by atoms with E-state index in [1.807, 2.05) is 24.8 Å². The maximum absolute atomic E-state index is 10.2. The number of pyridine rings is 2. The van der Waals surface area contributed by atoms with Crippen molar-refractivity contribution in [1.29, 1.82) is 0 Å². The number of hydrogen-bond acceptors (Lipinski definition) is 9. The normalized spacial score (nSPS) is 43.7. The average Bonchev–Trinajstić information content (AvgIpc) is 4.18. The van der Waals surface area contributed by atoms with E-state index in [9.17, 15) is 10.2 Å². The maximum Gasteiger partial charge on any atom is 0.0974 e. The predicted octanol–water partition coefficient (Wildman–Crippen LogP) is 10.4. The molecule has 4 saturated heterocycles. The molecule has 6 aliphatic carbocycles. The number of aromatic nitrogens is 2.